The van der Waals surface area contributed by atoms with Crippen LogP contribution in [0.15, 0.2) is 59.1 Å². The molecule has 6 heteroatoms. The molecule has 3 aromatic rings. The van der Waals surface area contributed by atoms with Gasteiger partial charge in [0.2, 0.25) is 5.89 Å². The maximum Gasteiger partial charge on any atom is 0.209 e. The minimum absolute atomic E-state index is 0.220. The van der Waals surface area contributed by atoms with Crippen LogP contribution in [0.5, 0.6) is 5.75 Å². The van der Waals surface area contributed by atoms with Crippen LogP contribution in [0.2, 0.25) is 0 Å². The molecule has 1 aliphatic heterocycles. The van der Waals surface area contributed by atoms with Gasteiger partial charge in [0, 0.05) is 31.4 Å². The van der Waals surface area contributed by atoms with Gasteiger partial charge in [-0.15, -0.1) is 0 Å². The van der Waals surface area contributed by atoms with Crippen molar-refractivity contribution in [1.82, 2.24) is 9.88 Å². The molecular formula is C23H25FN2O3. The maximum absolute atomic E-state index is 13.3. The van der Waals surface area contributed by atoms with E-state index in [2.05, 4.69) is 9.88 Å². The average molecular weight is 396 g/mol. The monoisotopic (exact) mass is 396 g/mol. The van der Waals surface area contributed by atoms with Gasteiger partial charge in [0.15, 0.2) is 5.76 Å². The molecule has 1 aromatic heterocycles. The number of halogens is 1. The Bertz CT molecular complexity index is 920. The number of methoxy groups -OCH3 is 1. The number of rotatable bonds is 7. The quantitative estimate of drug-likeness (QED) is 0.581. The summed E-state index contributed by atoms with van der Waals surface area (Å²) in [6.45, 7) is 2.81. The van der Waals surface area contributed by atoms with Crippen molar-refractivity contribution < 1.29 is 18.3 Å². The molecular weight excluding hydrogens is 371 g/mol. The summed E-state index contributed by atoms with van der Waals surface area (Å²) in [5.74, 6) is 1.94. The summed E-state index contributed by atoms with van der Waals surface area (Å²) in [4.78, 5) is 6.84. The number of oxazole rings is 1. The van der Waals surface area contributed by atoms with Crippen molar-refractivity contribution in [3.05, 3.63) is 72.0 Å². The Morgan fingerprint density at radius 2 is 1.90 bits per heavy atom. The van der Waals surface area contributed by atoms with Gasteiger partial charge in [-0.25, -0.2) is 9.37 Å². The maximum atomic E-state index is 13.3. The predicted octanol–water partition coefficient (Wildman–Crippen LogP) is 4.67. The lowest BCUT2D eigenvalue weighted by Gasteiger charge is -2.33. The van der Waals surface area contributed by atoms with E-state index in [1.54, 1.807) is 13.3 Å². The van der Waals surface area contributed by atoms with Gasteiger partial charge in [-0.3, -0.25) is 4.90 Å². The van der Waals surface area contributed by atoms with Gasteiger partial charge >= 0.3 is 0 Å². The van der Waals surface area contributed by atoms with Crippen LogP contribution >= 0.6 is 0 Å². The molecule has 0 saturated carbocycles. The van der Waals surface area contributed by atoms with Gasteiger partial charge in [0.05, 0.1) is 19.9 Å². The number of hydrogen-bond acceptors (Lipinski definition) is 5. The molecule has 0 radical (unpaired) electrons. The average Bonchev–Trinajstić information content (AvgIpc) is 3.24. The fraction of sp³-hybridized carbons (Fsp3) is 0.348. The molecule has 1 saturated heterocycles. The molecule has 0 atom stereocenters. The van der Waals surface area contributed by atoms with Crippen LogP contribution in [0.4, 0.5) is 4.39 Å². The van der Waals surface area contributed by atoms with Crippen LogP contribution in [0.3, 0.4) is 0 Å². The first kappa shape index (κ1) is 19.6. The van der Waals surface area contributed by atoms with E-state index in [-0.39, 0.29) is 5.82 Å². The molecule has 0 spiro atoms. The van der Waals surface area contributed by atoms with Gasteiger partial charge in [0.1, 0.15) is 11.6 Å². The minimum Gasteiger partial charge on any atom is -0.497 e. The van der Waals surface area contributed by atoms with Crippen molar-refractivity contribution in [3.63, 3.8) is 0 Å². The molecule has 0 unspecified atom stereocenters. The normalized spacial score (nSPS) is 15.0. The smallest absolute Gasteiger partial charge is 0.209 e. The zero-order chi connectivity index (χ0) is 20.1. The fourth-order valence-electron chi connectivity index (χ4n) is 3.66. The molecule has 1 aliphatic rings. The number of ether oxygens (including phenoxy) is 2. The SMILES string of the molecule is COc1cccc(-c2cnc(CN(Cc3ccc(F)cc3)C3CCOCC3)o2)c1. The third-order valence-electron chi connectivity index (χ3n) is 5.25. The van der Waals surface area contributed by atoms with E-state index >= 15 is 0 Å². The summed E-state index contributed by atoms with van der Waals surface area (Å²) in [6, 6.07) is 14.8. The first-order valence-electron chi connectivity index (χ1n) is 9.86. The Kier molecular flexibility index (Phi) is 6.22. The summed E-state index contributed by atoms with van der Waals surface area (Å²) < 4.78 is 30.1. The number of aromatic nitrogens is 1. The van der Waals surface area contributed by atoms with Gasteiger partial charge in [-0.05, 0) is 42.7 Å². The number of nitrogens with zero attached hydrogens (tertiary/aromatic N) is 2. The highest BCUT2D eigenvalue weighted by atomic mass is 19.1. The Balaban J connectivity index is 1.52. The second-order valence-corrected chi connectivity index (χ2v) is 7.23. The Morgan fingerprint density at radius 1 is 1.10 bits per heavy atom. The van der Waals surface area contributed by atoms with Gasteiger partial charge in [0.25, 0.3) is 0 Å². The molecule has 1 fully saturated rings. The molecule has 5 nitrogen and oxygen atoms in total. The first-order chi connectivity index (χ1) is 14.2. The van der Waals surface area contributed by atoms with Crippen LogP contribution in [0, 0.1) is 5.82 Å². The summed E-state index contributed by atoms with van der Waals surface area (Å²) >= 11 is 0. The number of hydrogen-bond donors (Lipinski definition) is 0. The van der Waals surface area contributed by atoms with E-state index in [4.69, 9.17) is 13.9 Å². The molecule has 29 heavy (non-hydrogen) atoms. The van der Waals surface area contributed by atoms with Gasteiger partial charge in [-0.2, -0.15) is 0 Å². The lowest BCUT2D eigenvalue weighted by atomic mass is 10.1. The first-order valence-corrected chi connectivity index (χ1v) is 9.86. The molecule has 152 valence electrons. The molecule has 0 amide bonds. The van der Waals surface area contributed by atoms with E-state index in [0.717, 1.165) is 42.9 Å². The van der Waals surface area contributed by atoms with Crippen LogP contribution in [0.25, 0.3) is 11.3 Å². The molecule has 0 N–H and O–H groups in total. The molecule has 4 rings (SSSR count). The predicted molar refractivity (Wildman–Crippen MR) is 108 cm³/mol. The van der Waals surface area contributed by atoms with E-state index in [1.807, 2.05) is 36.4 Å². The van der Waals surface area contributed by atoms with Crippen molar-refractivity contribution in [3.8, 4) is 17.1 Å². The van der Waals surface area contributed by atoms with E-state index < -0.39 is 0 Å². The summed E-state index contributed by atoms with van der Waals surface area (Å²) in [6.07, 6.45) is 3.68. The standard InChI is InChI=1S/C23H25FN2O3/c1-27-21-4-2-3-18(13-21)22-14-25-23(29-22)16-26(20-9-11-28-12-10-20)15-17-5-7-19(24)8-6-17/h2-8,13-14,20H,9-12,15-16H2,1H3. The third kappa shape index (κ3) is 5.02. The highest BCUT2D eigenvalue weighted by molar-refractivity contribution is 5.58. The second kappa shape index (κ2) is 9.20. The lowest BCUT2D eigenvalue weighted by Crippen LogP contribution is -2.38. The zero-order valence-electron chi connectivity index (χ0n) is 16.5. The van der Waals surface area contributed by atoms with E-state index in [9.17, 15) is 4.39 Å². The molecule has 0 aliphatic carbocycles. The van der Waals surface area contributed by atoms with Gasteiger partial charge < -0.3 is 13.9 Å². The Labute approximate surface area is 170 Å². The Hall–Kier alpha value is -2.70. The van der Waals surface area contributed by atoms with Crippen molar-refractivity contribution in [2.24, 2.45) is 0 Å². The molecule has 0 bridgehead atoms. The molecule has 2 aromatic carbocycles. The van der Waals surface area contributed by atoms with Crippen LogP contribution in [-0.2, 0) is 17.8 Å². The lowest BCUT2D eigenvalue weighted by molar-refractivity contribution is 0.0247. The van der Waals surface area contributed by atoms with Gasteiger partial charge in [-0.1, -0.05) is 24.3 Å². The Morgan fingerprint density at radius 3 is 2.66 bits per heavy atom. The third-order valence-corrected chi connectivity index (χ3v) is 5.25. The number of benzene rings is 2. The van der Waals surface area contributed by atoms with Crippen molar-refractivity contribution in [2.75, 3.05) is 20.3 Å². The van der Waals surface area contributed by atoms with Crippen molar-refractivity contribution in [2.45, 2.75) is 32.0 Å². The van der Waals surface area contributed by atoms with Crippen molar-refractivity contribution >= 4 is 0 Å². The summed E-state index contributed by atoms with van der Waals surface area (Å²) in [7, 11) is 1.64. The van der Waals surface area contributed by atoms with E-state index in [1.165, 1.54) is 12.1 Å². The summed E-state index contributed by atoms with van der Waals surface area (Å²) in [5, 5.41) is 0. The summed E-state index contributed by atoms with van der Waals surface area (Å²) in [5.41, 5.74) is 2.00. The zero-order valence-corrected chi connectivity index (χ0v) is 16.5. The largest absolute Gasteiger partial charge is 0.497 e. The molecule has 2 heterocycles. The van der Waals surface area contributed by atoms with Crippen molar-refractivity contribution in [1.29, 1.82) is 0 Å². The van der Waals surface area contributed by atoms with Crippen LogP contribution in [0.1, 0.15) is 24.3 Å². The highest BCUT2D eigenvalue weighted by Crippen LogP contribution is 2.26. The van der Waals surface area contributed by atoms with Crippen LogP contribution in [-0.4, -0.2) is 36.2 Å². The minimum atomic E-state index is -0.220. The van der Waals surface area contributed by atoms with E-state index in [0.29, 0.717) is 30.8 Å². The second-order valence-electron chi connectivity index (χ2n) is 7.23. The van der Waals surface area contributed by atoms with Crippen LogP contribution < -0.4 is 4.74 Å². The topological polar surface area (TPSA) is 47.7 Å². The highest BCUT2D eigenvalue weighted by Gasteiger charge is 2.23. The fourth-order valence-corrected chi connectivity index (χ4v) is 3.66.